The Morgan fingerprint density at radius 3 is 2.29 bits per heavy atom. The predicted octanol–water partition coefficient (Wildman–Crippen LogP) is 2.91. The number of alkyl halides is 2. The molecular formula is C19H28F2N2O5. The normalized spacial score (nSPS) is 12.4. The van der Waals surface area contributed by atoms with E-state index in [1.54, 1.807) is 32.9 Å². The van der Waals surface area contributed by atoms with Gasteiger partial charge in [0, 0.05) is 20.0 Å². The molecule has 0 unspecified atom stereocenters. The first kappa shape index (κ1) is 23.6. The van der Waals surface area contributed by atoms with E-state index in [0.29, 0.717) is 5.56 Å². The molecule has 0 bridgehead atoms. The zero-order valence-corrected chi connectivity index (χ0v) is 16.6. The number of hydrogen-bond acceptors (Lipinski definition) is 5. The van der Waals surface area contributed by atoms with Crippen LogP contribution < -0.4 is 10.1 Å². The molecule has 1 aromatic rings. The van der Waals surface area contributed by atoms with E-state index >= 15 is 0 Å². The van der Waals surface area contributed by atoms with E-state index in [2.05, 4.69) is 10.1 Å². The molecule has 158 valence electrons. The summed E-state index contributed by atoms with van der Waals surface area (Å²) in [7, 11) is 1.50. The fourth-order valence-electron chi connectivity index (χ4n) is 2.40. The second-order valence-corrected chi connectivity index (χ2v) is 7.18. The molecule has 1 aromatic carbocycles. The summed E-state index contributed by atoms with van der Waals surface area (Å²) in [6.07, 6.45) is -0.277. The maximum atomic E-state index is 12.7. The van der Waals surface area contributed by atoms with Crippen molar-refractivity contribution in [2.24, 2.45) is 0 Å². The lowest BCUT2D eigenvalue weighted by molar-refractivity contribution is -0.121. The molecule has 0 saturated carbocycles. The highest BCUT2D eigenvalue weighted by Crippen LogP contribution is 2.20. The highest BCUT2D eigenvalue weighted by molar-refractivity contribution is 5.75. The van der Waals surface area contributed by atoms with Crippen molar-refractivity contribution in [1.29, 1.82) is 0 Å². The zero-order valence-electron chi connectivity index (χ0n) is 16.6. The lowest BCUT2D eigenvalue weighted by atomic mass is 10.1. The van der Waals surface area contributed by atoms with Gasteiger partial charge in [0.15, 0.2) is 0 Å². The number of amides is 2. The largest absolute Gasteiger partial charge is 0.444 e. The average Bonchev–Trinajstić information content (AvgIpc) is 2.60. The number of aliphatic hydroxyl groups excluding tert-OH is 1. The third-order valence-corrected chi connectivity index (χ3v) is 3.76. The number of hydrogen-bond donors (Lipinski definition) is 2. The Morgan fingerprint density at radius 1 is 1.21 bits per heavy atom. The number of benzene rings is 1. The van der Waals surface area contributed by atoms with Gasteiger partial charge in [-0.05, 0) is 44.9 Å². The summed E-state index contributed by atoms with van der Waals surface area (Å²) in [5.41, 5.74) is -0.115. The van der Waals surface area contributed by atoms with Crippen molar-refractivity contribution < 1.29 is 33.0 Å². The van der Waals surface area contributed by atoms with Crippen molar-refractivity contribution in [3.05, 3.63) is 29.8 Å². The minimum absolute atomic E-state index is 0.000827. The van der Waals surface area contributed by atoms with Gasteiger partial charge in [-0.25, -0.2) is 4.79 Å². The average molecular weight is 402 g/mol. The lowest BCUT2D eigenvalue weighted by Crippen LogP contribution is -2.45. The summed E-state index contributed by atoms with van der Waals surface area (Å²) < 4.78 is 34.3. The van der Waals surface area contributed by atoms with Crippen molar-refractivity contribution >= 4 is 12.0 Å². The van der Waals surface area contributed by atoms with E-state index < -0.39 is 24.3 Å². The van der Waals surface area contributed by atoms with Crippen molar-refractivity contribution in [3.63, 3.8) is 0 Å². The molecule has 1 rings (SSSR count). The van der Waals surface area contributed by atoms with Gasteiger partial charge in [-0.3, -0.25) is 9.69 Å². The van der Waals surface area contributed by atoms with Gasteiger partial charge in [-0.2, -0.15) is 8.78 Å². The molecule has 28 heavy (non-hydrogen) atoms. The van der Waals surface area contributed by atoms with Crippen molar-refractivity contribution in [2.45, 2.75) is 58.4 Å². The summed E-state index contributed by atoms with van der Waals surface area (Å²) in [4.78, 5) is 25.5. The van der Waals surface area contributed by atoms with Crippen LogP contribution in [-0.2, 0) is 16.1 Å². The molecule has 0 aliphatic carbocycles. The summed E-state index contributed by atoms with van der Waals surface area (Å²) in [6.45, 7) is 1.95. The second kappa shape index (κ2) is 10.8. The second-order valence-electron chi connectivity index (χ2n) is 7.18. The topological polar surface area (TPSA) is 88.1 Å². The van der Waals surface area contributed by atoms with Crippen LogP contribution in [0, 0.1) is 0 Å². The Labute approximate surface area is 163 Å². The van der Waals surface area contributed by atoms with Crippen LogP contribution in [0.15, 0.2) is 24.3 Å². The molecule has 9 heteroatoms. The summed E-state index contributed by atoms with van der Waals surface area (Å²) >= 11 is 0. The zero-order chi connectivity index (χ0) is 21.3. The standard InChI is InChI=1S/C19H28F2N2O5/c1-19(2,3)28-18(26)23(14(12-24)7-10-16(25)22-4)11-13-5-8-15(9-6-13)27-17(20)21/h5-6,8-9,14,17,24H,7,10-12H2,1-4H3,(H,22,25)/t14-/m0/s1. The minimum atomic E-state index is -2.92. The van der Waals surface area contributed by atoms with Gasteiger partial charge in [-0.1, -0.05) is 12.1 Å². The molecule has 1 atom stereocenters. The van der Waals surface area contributed by atoms with Crippen LogP contribution >= 0.6 is 0 Å². The molecule has 0 saturated heterocycles. The first-order valence-electron chi connectivity index (χ1n) is 8.90. The maximum absolute atomic E-state index is 12.7. The summed E-state index contributed by atoms with van der Waals surface area (Å²) in [5, 5.41) is 12.3. The van der Waals surface area contributed by atoms with Crippen LogP contribution in [0.4, 0.5) is 13.6 Å². The molecule has 0 spiro atoms. The molecule has 7 nitrogen and oxygen atoms in total. The summed E-state index contributed by atoms with van der Waals surface area (Å²) in [6, 6.07) is 5.18. The fraction of sp³-hybridized carbons (Fsp3) is 0.579. The molecule has 0 fully saturated rings. The number of carbonyl (C=O) groups excluding carboxylic acids is 2. The van der Waals surface area contributed by atoms with Gasteiger partial charge in [0.05, 0.1) is 12.6 Å². The highest BCUT2D eigenvalue weighted by atomic mass is 19.3. The van der Waals surface area contributed by atoms with Gasteiger partial charge in [0.1, 0.15) is 11.4 Å². The van der Waals surface area contributed by atoms with E-state index in [1.807, 2.05) is 0 Å². The molecule has 2 N–H and O–H groups in total. The van der Waals surface area contributed by atoms with Gasteiger partial charge < -0.3 is 19.9 Å². The van der Waals surface area contributed by atoms with Gasteiger partial charge in [-0.15, -0.1) is 0 Å². The molecule has 0 aliphatic heterocycles. The van der Waals surface area contributed by atoms with Crippen LogP contribution in [0.5, 0.6) is 5.75 Å². The Kier molecular flexibility index (Phi) is 9.11. The number of carbonyl (C=O) groups is 2. The first-order valence-corrected chi connectivity index (χ1v) is 8.90. The van der Waals surface area contributed by atoms with E-state index in [-0.39, 0.29) is 37.6 Å². The van der Waals surface area contributed by atoms with Gasteiger partial charge in [0.25, 0.3) is 0 Å². The van der Waals surface area contributed by atoms with Crippen molar-refractivity contribution in [1.82, 2.24) is 10.2 Å². The van der Waals surface area contributed by atoms with Crippen LogP contribution in [0.25, 0.3) is 0 Å². The molecule has 0 radical (unpaired) electrons. The molecular weight excluding hydrogens is 374 g/mol. The minimum Gasteiger partial charge on any atom is -0.444 e. The van der Waals surface area contributed by atoms with Crippen LogP contribution in [-0.4, -0.2) is 53.9 Å². The van der Waals surface area contributed by atoms with Crippen molar-refractivity contribution in [3.8, 4) is 5.75 Å². The summed E-state index contributed by atoms with van der Waals surface area (Å²) in [5.74, 6) is -0.211. The lowest BCUT2D eigenvalue weighted by Gasteiger charge is -2.33. The van der Waals surface area contributed by atoms with E-state index in [1.165, 1.54) is 24.1 Å². The van der Waals surface area contributed by atoms with Crippen LogP contribution in [0.2, 0.25) is 0 Å². The highest BCUT2D eigenvalue weighted by Gasteiger charge is 2.28. The SMILES string of the molecule is CNC(=O)CC[C@@H](CO)N(Cc1ccc(OC(F)F)cc1)C(=O)OC(C)(C)C. The number of nitrogens with zero attached hydrogens (tertiary/aromatic N) is 1. The third-order valence-electron chi connectivity index (χ3n) is 3.76. The van der Waals surface area contributed by atoms with E-state index in [0.717, 1.165) is 0 Å². The maximum Gasteiger partial charge on any atom is 0.410 e. The van der Waals surface area contributed by atoms with Crippen molar-refractivity contribution in [2.75, 3.05) is 13.7 Å². The molecule has 0 heterocycles. The fourth-order valence-corrected chi connectivity index (χ4v) is 2.40. The predicted molar refractivity (Wildman–Crippen MR) is 99.0 cm³/mol. The van der Waals surface area contributed by atoms with Crippen LogP contribution in [0.1, 0.15) is 39.2 Å². The van der Waals surface area contributed by atoms with Crippen LogP contribution in [0.3, 0.4) is 0 Å². The Balaban J connectivity index is 2.98. The number of halogens is 2. The van der Waals surface area contributed by atoms with E-state index in [9.17, 15) is 23.5 Å². The first-order chi connectivity index (χ1) is 13.1. The van der Waals surface area contributed by atoms with Gasteiger partial charge in [0.2, 0.25) is 5.91 Å². The van der Waals surface area contributed by atoms with Gasteiger partial charge >= 0.3 is 12.7 Å². The Hall–Kier alpha value is -2.42. The quantitative estimate of drug-likeness (QED) is 0.663. The molecule has 0 aliphatic rings. The third kappa shape index (κ3) is 8.51. The Bertz CT molecular complexity index is 632. The Morgan fingerprint density at radius 2 is 1.82 bits per heavy atom. The van der Waals surface area contributed by atoms with E-state index in [4.69, 9.17) is 4.74 Å². The number of nitrogens with one attached hydrogen (secondary N) is 1. The number of aliphatic hydroxyl groups is 1. The smallest absolute Gasteiger partial charge is 0.410 e. The number of rotatable bonds is 9. The number of ether oxygens (including phenoxy) is 2. The monoisotopic (exact) mass is 402 g/mol. The molecule has 2 amide bonds. The molecule has 0 aromatic heterocycles.